The van der Waals surface area contributed by atoms with E-state index in [1.807, 2.05) is 0 Å². The van der Waals surface area contributed by atoms with Gasteiger partial charge in [-0.05, 0) is 29.8 Å². The van der Waals surface area contributed by atoms with E-state index in [4.69, 9.17) is 21.1 Å². The Morgan fingerprint density at radius 1 is 1.19 bits per heavy atom. The highest BCUT2D eigenvalue weighted by atomic mass is 35.5. The molecular weight excluding hydrogens is 410 g/mol. The Balaban J connectivity index is 2.09. The predicted molar refractivity (Wildman–Crippen MR) is 104 cm³/mol. The number of rotatable bonds is 7. The molecule has 1 aromatic carbocycles. The number of nitrogens with one attached hydrogen (secondary N) is 1. The number of benzene rings is 1. The van der Waals surface area contributed by atoms with Gasteiger partial charge in [-0.15, -0.1) is 11.3 Å². The Kier molecular flexibility index (Phi) is 5.75. The van der Waals surface area contributed by atoms with E-state index in [2.05, 4.69) is 9.71 Å². The summed E-state index contributed by atoms with van der Waals surface area (Å²) in [6.07, 6.45) is 3.35. The second-order valence-electron chi connectivity index (χ2n) is 5.66. The first-order valence-corrected chi connectivity index (χ1v) is 10.5. The maximum atomic E-state index is 12.9. The van der Waals surface area contributed by atoms with Crippen molar-refractivity contribution < 1.29 is 17.9 Å². The fraction of sp³-hybridized carbons (Fsp3) is 0.235. The zero-order valence-corrected chi connectivity index (χ0v) is 17.2. The van der Waals surface area contributed by atoms with Crippen LogP contribution in [-0.2, 0) is 17.1 Å². The van der Waals surface area contributed by atoms with Crippen molar-refractivity contribution in [3.63, 3.8) is 0 Å². The third-order valence-electron chi connectivity index (χ3n) is 3.91. The van der Waals surface area contributed by atoms with E-state index in [1.165, 1.54) is 20.3 Å². The van der Waals surface area contributed by atoms with Gasteiger partial charge in [0.05, 0.1) is 18.6 Å². The maximum Gasteiger partial charge on any atom is 0.251 e. The van der Waals surface area contributed by atoms with Gasteiger partial charge in [-0.1, -0.05) is 11.6 Å². The van der Waals surface area contributed by atoms with Crippen molar-refractivity contribution in [2.75, 3.05) is 14.2 Å². The van der Waals surface area contributed by atoms with Gasteiger partial charge in [0.1, 0.15) is 27.6 Å². The molecule has 0 aliphatic rings. The third kappa shape index (κ3) is 4.27. The summed E-state index contributed by atoms with van der Waals surface area (Å²) < 4.78 is 41.4. The van der Waals surface area contributed by atoms with Crippen LogP contribution < -0.4 is 14.2 Å². The highest BCUT2D eigenvalue weighted by Crippen LogP contribution is 2.32. The SMILES string of the molecule is COc1cc(OC)cc(C(NS(=O)(=O)c2ccc(Cl)s2)c2nccn2C)c1. The molecule has 144 valence electrons. The molecule has 10 heteroatoms. The monoisotopic (exact) mass is 427 g/mol. The Hall–Kier alpha value is -2.07. The van der Waals surface area contributed by atoms with Gasteiger partial charge in [0.15, 0.2) is 0 Å². The van der Waals surface area contributed by atoms with E-state index in [9.17, 15) is 8.42 Å². The fourth-order valence-corrected chi connectivity index (χ4v) is 5.26. The molecule has 7 nitrogen and oxygen atoms in total. The summed E-state index contributed by atoms with van der Waals surface area (Å²) in [6.45, 7) is 0. The number of ether oxygens (including phenoxy) is 2. The average molecular weight is 428 g/mol. The second-order valence-corrected chi connectivity index (χ2v) is 9.31. The molecule has 3 rings (SSSR count). The van der Waals surface area contributed by atoms with Gasteiger partial charge >= 0.3 is 0 Å². The number of thiophene rings is 1. The molecule has 3 aromatic rings. The molecule has 0 spiro atoms. The van der Waals surface area contributed by atoms with Crippen molar-refractivity contribution in [1.29, 1.82) is 0 Å². The molecule has 1 atom stereocenters. The van der Waals surface area contributed by atoms with Crippen LogP contribution in [0.2, 0.25) is 4.34 Å². The lowest BCUT2D eigenvalue weighted by Gasteiger charge is -2.20. The lowest BCUT2D eigenvalue weighted by molar-refractivity contribution is 0.392. The topological polar surface area (TPSA) is 82.4 Å². The van der Waals surface area contributed by atoms with Crippen LogP contribution in [0.15, 0.2) is 46.9 Å². The molecule has 1 unspecified atom stereocenters. The lowest BCUT2D eigenvalue weighted by Crippen LogP contribution is -2.30. The number of sulfonamides is 1. The van der Waals surface area contributed by atoms with Crippen LogP contribution in [0.4, 0.5) is 0 Å². The minimum absolute atomic E-state index is 0.126. The van der Waals surface area contributed by atoms with Gasteiger partial charge < -0.3 is 14.0 Å². The molecule has 1 N–H and O–H groups in total. The van der Waals surface area contributed by atoms with Crippen molar-refractivity contribution in [1.82, 2.24) is 14.3 Å². The first-order chi connectivity index (χ1) is 12.8. The first kappa shape index (κ1) is 19.7. The van der Waals surface area contributed by atoms with E-state index >= 15 is 0 Å². The first-order valence-electron chi connectivity index (χ1n) is 7.82. The summed E-state index contributed by atoms with van der Waals surface area (Å²) in [5.74, 6) is 1.61. The quantitative estimate of drug-likeness (QED) is 0.626. The van der Waals surface area contributed by atoms with E-state index in [0.717, 1.165) is 11.3 Å². The van der Waals surface area contributed by atoms with Crippen molar-refractivity contribution in [3.05, 3.63) is 58.4 Å². The Morgan fingerprint density at radius 2 is 1.85 bits per heavy atom. The summed E-state index contributed by atoms with van der Waals surface area (Å²) >= 11 is 6.89. The van der Waals surface area contributed by atoms with Gasteiger partial charge in [0.25, 0.3) is 10.0 Å². The normalized spacial score (nSPS) is 12.7. The zero-order valence-electron chi connectivity index (χ0n) is 14.8. The number of hydrogen-bond donors (Lipinski definition) is 1. The summed E-state index contributed by atoms with van der Waals surface area (Å²) in [7, 11) is 1.04. The van der Waals surface area contributed by atoms with Crippen LogP contribution in [0, 0.1) is 0 Å². The molecule has 0 bridgehead atoms. The summed E-state index contributed by atoms with van der Waals surface area (Å²) in [5.41, 5.74) is 0.631. The molecular formula is C17H18ClN3O4S2. The van der Waals surface area contributed by atoms with E-state index in [-0.39, 0.29) is 4.21 Å². The average Bonchev–Trinajstić information content (AvgIpc) is 3.28. The Morgan fingerprint density at radius 3 is 2.33 bits per heavy atom. The molecule has 2 aromatic heterocycles. The van der Waals surface area contributed by atoms with Gasteiger partial charge in [0.2, 0.25) is 0 Å². The van der Waals surface area contributed by atoms with Crippen molar-refractivity contribution in [2.24, 2.45) is 7.05 Å². The number of imidazole rings is 1. The number of aromatic nitrogens is 2. The van der Waals surface area contributed by atoms with E-state index in [0.29, 0.717) is 27.2 Å². The van der Waals surface area contributed by atoms with Crippen LogP contribution in [-0.4, -0.2) is 32.2 Å². The Labute approximate surface area is 166 Å². The predicted octanol–water partition coefficient (Wildman–Crippen LogP) is 3.22. The summed E-state index contributed by atoms with van der Waals surface area (Å²) in [6, 6.07) is 7.46. The largest absolute Gasteiger partial charge is 0.497 e. The van der Waals surface area contributed by atoms with Gasteiger partial charge in [-0.25, -0.2) is 13.4 Å². The molecule has 0 saturated heterocycles. The van der Waals surface area contributed by atoms with Crippen LogP contribution in [0.1, 0.15) is 17.4 Å². The van der Waals surface area contributed by atoms with Crippen LogP contribution in [0.5, 0.6) is 11.5 Å². The van der Waals surface area contributed by atoms with Crippen molar-refractivity contribution >= 4 is 33.0 Å². The lowest BCUT2D eigenvalue weighted by atomic mass is 10.1. The smallest absolute Gasteiger partial charge is 0.251 e. The molecule has 0 amide bonds. The van der Waals surface area contributed by atoms with Crippen molar-refractivity contribution in [2.45, 2.75) is 10.3 Å². The minimum Gasteiger partial charge on any atom is -0.497 e. The van der Waals surface area contributed by atoms with Crippen LogP contribution >= 0.6 is 22.9 Å². The highest BCUT2D eigenvalue weighted by Gasteiger charge is 2.27. The van der Waals surface area contributed by atoms with Gasteiger partial charge in [0, 0.05) is 25.5 Å². The van der Waals surface area contributed by atoms with E-state index < -0.39 is 16.1 Å². The van der Waals surface area contributed by atoms with Crippen LogP contribution in [0.3, 0.4) is 0 Å². The van der Waals surface area contributed by atoms with Crippen molar-refractivity contribution in [3.8, 4) is 11.5 Å². The van der Waals surface area contributed by atoms with Crippen LogP contribution in [0.25, 0.3) is 0 Å². The molecule has 0 fully saturated rings. The number of nitrogens with zero attached hydrogens (tertiary/aromatic N) is 2. The molecule has 0 aliphatic carbocycles. The molecule has 0 aliphatic heterocycles. The summed E-state index contributed by atoms with van der Waals surface area (Å²) in [5, 5.41) is 0. The fourth-order valence-electron chi connectivity index (χ4n) is 2.58. The maximum absolute atomic E-state index is 12.9. The molecule has 0 radical (unpaired) electrons. The molecule has 2 heterocycles. The number of aryl methyl sites for hydroxylation is 1. The summed E-state index contributed by atoms with van der Waals surface area (Å²) in [4.78, 5) is 4.32. The standard InChI is InChI=1S/C17H18ClN3O4S2/c1-21-7-6-19-17(21)16(11-8-12(24-2)10-13(9-11)25-3)20-27(22,23)15-5-4-14(18)26-15/h4-10,16,20H,1-3H3. The molecule has 27 heavy (non-hydrogen) atoms. The third-order valence-corrected chi connectivity index (χ3v) is 7.06. The van der Waals surface area contributed by atoms with Gasteiger partial charge in [-0.2, -0.15) is 4.72 Å². The highest BCUT2D eigenvalue weighted by molar-refractivity contribution is 7.91. The number of halogens is 1. The Bertz CT molecular complexity index is 1020. The minimum atomic E-state index is -3.82. The number of hydrogen-bond acceptors (Lipinski definition) is 6. The van der Waals surface area contributed by atoms with E-state index in [1.54, 1.807) is 48.3 Å². The zero-order chi connectivity index (χ0) is 19.6. The molecule has 0 saturated carbocycles. The van der Waals surface area contributed by atoms with Gasteiger partial charge in [-0.3, -0.25) is 0 Å². The number of methoxy groups -OCH3 is 2. The second kappa shape index (κ2) is 7.89.